The minimum Gasteiger partial charge on any atom is -0.508 e. The molecule has 29 heteroatoms. The third kappa shape index (κ3) is 30.7. The lowest BCUT2D eigenvalue weighted by molar-refractivity contribution is -0.143. The summed E-state index contributed by atoms with van der Waals surface area (Å²) < 4.78 is 24.3. The van der Waals surface area contributed by atoms with Gasteiger partial charge in [-0.1, -0.05) is 36.4 Å². The summed E-state index contributed by atoms with van der Waals surface area (Å²) in [5, 5.41) is 54.3. The normalized spacial score (nSPS) is 11.3. The highest BCUT2D eigenvalue weighted by molar-refractivity contribution is 5.99. The van der Waals surface area contributed by atoms with Crippen LogP contribution in [-0.2, 0) is 52.5 Å². The van der Waals surface area contributed by atoms with Gasteiger partial charge in [-0.25, -0.2) is 53.9 Å². The van der Waals surface area contributed by atoms with Gasteiger partial charge >= 0.3 is 36.1 Å². The van der Waals surface area contributed by atoms with Gasteiger partial charge in [0.25, 0.3) is 5.91 Å². The Balaban J connectivity index is 0.000000353. The lowest BCUT2D eigenvalue weighted by Crippen LogP contribution is -2.50. The summed E-state index contributed by atoms with van der Waals surface area (Å²) in [4.78, 5) is 108. The van der Waals surface area contributed by atoms with Crippen LogP contribution in [0.25, 0.3) is 0 Å². The number of aromatic hydroxyl groups is 3. The molecular formula is C68H95N13O16. The van der Waals surface area contributed by atoms with Crippen LogP contribution >= 0.6 is 0 Å². The second-order valence-electron chi connectivity index (χ2n) is 23.8. The number of hydrogen-bond donors (Lipinski definition) is 11. The van der Waals surface area contributed by atoms with E-state index >= 15 is 0 Å². The van der Waals surface area contributed by atoms with Crippen molar-refractivity contribution < 1.29 is 77.7 Å². The van der Waals surface area contributed by atoms with E-state index in [2.05, 4.69) is 66.5 Å². The van der Waals surface area contributed by atoms with E-state index in [1.54, 1.807) is 132 Å². The van der Waals surface area contributed by atoms with E-state index in [1.165, 1.54) is 14.2 Å². The number of anilines is 3. The predicted octanol–water partition coefficient (Wildman–Crippen LogP) is 8.21. The van der Waals surface area contributed by atoms with Crippen LogP contribution in [0.4, 0.5) is 27.4 Å². The number of nitrogens with zero attached hydrogens (tertiary/aromatic N) is 6. The van der Waals surface area contributed by atoms with Crippen LogP contribution in [-0.4, -0.2) is 169 Å². The molecule has 0 saturated heterocycles. The molecule has 6 rings (SSSR count). The average Bonchev–Trinajstić information content (AvgIpc) is 0.841. The van der Waals surface area contributed by atoms with Crippen LogP contribution in [0.2, 0.25) is 0 Å². The smallest absolute Gasteiger partial charge is 0.407 e. The van der Waals surface area contributed by atoms with Crippen molar-refractivity contribution in [3.8, 4) is 17.2 Å². The number of alkyl carbamates (subject to hydrolysis) is 2. The summed E-state index contributed by atoms with van der Waals surface area (Å²) in [6.45, 7) is 24.4. The molecule has 0 aliphatic carbocycles. The first kappa shape index (κ1) is 80.8. The van der Waals surface area contributed by atoms with Gasteiger partial charge in [0.15, 0.2) is 0 Å². The molecule has 0 aliphatic heterocycles. The molecule has 0 unspecified atom stereocenters. The van der Waals surface area contributed by atoms with Gasteiger partial charge in [-0.3, -0.25) is 9.59 Å². The number of phenolic OH excluding ortho intramolecular Hbond substituents is 3. The molecule has 2 atom stereocenters. The Morgan fingerprint density at radius 1 is 0.505 bits per heavy atom. The number of rotatable bonds is 26. The van der Waals surface area contributed by atoms with Crippen LogP contribution < -0.4 is 37.6 Å². The van der Waals surface area contributed by atoms with Crippen molar-refractivity contribution in [1.29, 1.82) is 0 Å². The maximum absolute atomic E-state index is 13.0. The van der Waals surface area contributed by atoms with Gasteiger partial charge in [-0.15, -0.1) is 0 Å². The molecule has 3 aromatic carbocycles. The average molecular weight is 1350 g/mol. The number of esters is 3. The van der Waals surface area contributed by atoms with Gasteiger partial charge in [0.1, 0.15) is 51.7 Å². The number of nitrogens with one attached hydrogen (secondary N) is 6. The number of carboxylic acids is 1. The Labute approximate surface area is 565 Å². The predicted molar refractivity (Wildman–Crippen MR) is 364 cm³/mol. The number of carbonyl (C=O) groups is 7. The molecule has 3 amide bonds. The molecular weight excluding hydrogens is 1250 g/mol. The number of aromatic carboxylic acids is 1. The van der Waals surface area contributed by atoms with Crippen LogP contribution in [0.5, 0.6) is 17.2 Å². The van der Waals surface area contributed by atoms with E-state index in [9.17, 15) is 48.9 Å². The highest BCUT2D eigenvalue weighted by Gasteiger charge is 2.27. The van der Waals surface area contributed by atoms with Gasteiger partial charge in [0.05, 0.1) is 67.1 Å². The molecule has 0 fully saturated rings. The zero-order valence-corrected chi connectivity index (χ0v) is 58.0. The van der Waals surface area contributed by atoms with Gasteiger partial charge in [0, 0.05) is 26.2 Å². The van der Waals surface area contributed by atoms with E-state index in [0.29, 0.717) is 83.8 Å². The third-order valence-electron chi connectivity index (χ3n) is 13.3. The second-order valence-corrected chi connectivity index (χ2v) is 23.8. The van der Waals surface area contributed by atoms with Gasteiger partial charge in [0.2, 0.25) is 17.8 Å². The monoisotopic (exact) mass is 1350 g/mol. The van der Waals surface area contributed by atoms with E-state index in [-0.39, 0.29) is 47.4 Å². The van der Waals surface area contributed by atoms with Crippen molar-refractivity contribution in [2.75, 3.05) is 69.5 Å². The molecule has 3 heterocycles. The number of aryl methyl sites for hydroxylation is 9. The summed E-state index contributed by atoms with van der Waals surface area (Å²) in [6, 6.07) is 19.5. The van der Waals surface area contributed by atoms with Crippen LogP contribution in [0.3, 0.4) is 0 Å². The first-order valence-electron chi connectivity index (χ1n) is 31.3. The molecule has 6 aromatic rings. The summed E-state index contributed by atoms with van der Waals surface area (Å²) in [6.07, 6.45) is 3.64. The van der Waals surface area contributed by atoms with E-state index in [1.807, 2.05) is 30.3 Å². The first-order valence-corrected chi connectivity index (χ1v) is 31.3. The number of ether oxygens (including phenoxy) is 5. The Bertz CT molecular complexity index is 3530. The Hall–Kier alpha value is -10.5. The van der Waals surface area contributed by atoms with Crippen molar-refractivity contribution in [3.63, 3.8) is 0 Å². The Morgan fingerprint density at radius 3 is 1.16 bits per heavy atom. The fourth-order valence-electron chi connectivity index (χ4n) is 8.94. The molecule has 3 aromatic heterocycles. The number of benzene rings is 3. The first-order chi connectivity index (χ1) is 45.6. The van der Waals surface area contributed by atoms with Crippen LogP contribution in [0, 0.1) is 41.5 Å². The van der Waals surface area contributed by atoms with Gasteiger partial charge in [-0.2, -0.15) is 0 Å². The number of aromatic nitrogens is 6. The number of carbonyl (C=O) groups excluding carboxylic acids is 6. The van der Waals surface area contributed by atoms with Crippen molar-refractivity contribution in [3.05, 3.63) is 140 Å². The van der Waals surface area contributed by atoms with Gasteiger partial charge < -0.3 is 81.7 Å². The number of nitrogens with two attached hydrogens (primary N) is 1. The highest BCUT2D eigenvalue weighted by atomic mass is 16.6. The van der Waals surface area contributed by atoms with E-state index < -0.39 is 59.3 Å². The third-order valence-corrected chi connectivity index (χ3v) is 13.3. The Kier molecular flexibility index (Phi) is 33.4. The zero-order valence-electron chi connectivity index (χ0n) is 58.0. The number of carboxylic acid groups (broad SMARTS) is 1. The minimum atomic E-state index is -1.14. The molecule has 29 nitrogen and oxygen atoms in total. The molecule has 0 aliphatic rings. The minimum absolute atomic E-state index is 0.0123. The number of phenols is 3. The van der Waals surface area contributed by atoms with Crippen LogP contribution in [0.1, 0.15) is 150 Å². The summed E-state index contributed by atoms with van der Waals surface area (Å²) in [7, 11) is 2.42. The molecule has 0 saturated carbocycles. The summed E-state index contributed by atoms with van der Waals surface area (Å²) >= 11 is 0. The lowest BCUT2D eigenvalue weighted by Gasteiger charge is -2.22. The topological polar surface area (TPSA) is 422 Å². The Morgan fingerprint density at radius 2 is 0.845 bits per heavy atom. The fourth-order valence-corrected chi connectivity index (χ4v) is 8.94. The zero-order chi connectivity index (χ0) is 72.6. The maximum Gasteiger partial charge on any atom is 0.407 e. The molecule has 0 bridgehead atoms. The number of hydrogen-bond acceptors (Lipinski definition) is 25. The SMILES string of the molecule is CCOC(=O)c1c(C)nc(NCCCc2cccc(O)c2)nc1C.COC(=O)[C@@H](N)CNC(=O)OC(C)(C)C.COC(=O)[C@H](CNC(=O)OC(C)(C)C)NC(=O)c1c(C)nc(NCCCc2cccc(O)c2)nc1C.Cc1nc(NCCCc2cccc(O)c2)nc(C)c1C(=O)O. The van der Waals surface area contributed by atoms with Crippen molar-refractivity contribution in [2.24, 2.45) is 5.73 Å². The standard InChI is InChI=1S/C25H35N5O6.C18H23N3O3.C16H19N3O3.C9H18N2O4/c1-15-20(21(32)30-19(22(33)35-6)14-27-24(34)36-25(3,4)5)16(2)29-23(28-15)26-12-8-10-17-9-7-11-18(31)13-17;1-4-24-17(23)16-12(2)20-18(21-13(16)3)19-10-6-8-14-7-5-9-15(22)11-14;1-10-14(15(21)22)11(2)19-16(18-10)17-8-4-6-12-5-3-7-13(20)9-12;1-9(2,3)15-8(13)11-5-6(10)7(12)14-4/h7,9,11,13,19,31H,8,10,12,14H2,1-6H3,(H,27,34)(H,30,32)(H,26,28,29);5,7,9,11,22H,4,6,8,10H2,1-3H3,(H,19,20,21);3,5,7,9,20H,4,6,8H2,1-2H3,(H,21,22)(H,17,18,19);6H,5,10H2,1-4H3,(H,11,13)/t19-;;;6-/m0..0/s1. The van der Waals surface area contributed by atoms with Crippen LogP contribution in [0.15, 0.2) is 72.8 Å². The lowest BCUT2D eigenvalue weighted by atomic mass is 10.1. The van der Waals surface area contributed by atoms with E-state index in [4.69, 9.17) is 29.8 Å². The molecule has 97 heavy (non-hydrogen) atoms. The maximum atomic E-state index is 13.0. The number of amides is 3. The molecule has 0 spiro atoms. The molecule has 12 N–H and O–H groups in total. The summed E-state index contributed by atoms with van der Waals surface area (Å²) in [5.41, 5.74) is 11.1. The van der Waals surface area contributed by atoms with Gasteiger partial charge in [-0.05, 0) is 182 Å². The molecule has 528 valence electrons. The van der Waals surface area contributed by atoms with Crippen molar-refractivity contribution in [1.82, 2.24) is 45.9 Å². The number of methoxy groups -OCH3 is 2. The quantitative estimate of drug-likeness (QED) is 0.0138. The van der Waals surface area contributed by atoms with Crippen molar-refractivity contribution in [2.45, 2.75) is 152 Å². The van der Waals surface area contributed by atoms with E-state index in [0.717, 1.165) is 55.2 Å². The van der Waals surface area contributed by atoms with Crippen molar-refractivity contribution >= 4 is 59.8 Å². The highest BCUT2D eigenvalue weighted by Crippen LogP contribution is 2.20. The summed E-state index contributed by atoms with van der Waals surface area (Å²) in [5.74, 6) is -1.15. The second kappa shape index (κ2) is 40.1. The largest absolute Gasteiger partial charge is 0.508 e. The molecule has 0 radical (unpaired) electrons. The fraction of sp³-hybridized carbons (Fsp3) is 0.456.